The van der Waals surface area contributed by atoms with Crippen molar-refractivity contribution >= 4 is 11.6 Å². The number of amides is 1. The smallest absolute Gasteiger partial charge is 0.484 e. The second-order valence-corrected chi connectivity index (χ2v) is 6.19. The van der Waals surface area contributed by atoms with Crippen LogP contribution in [0, 0.1) is 10.1 Å². The quantitative estimate of drug-likeness (QED) is 0.345. The number of hydrogen-bond donors (Lipinski definition) is 0. The third-order valence-corrected chi connectivity index (χ3v) is 3.72. The van der Waals surface area contributed by atoms with Gasteiger partial charge in [-0.3, -0.25) is 14.9 Å². The van der Waals surface area contributed by atoms with Gasteiger partial charge in [0.1, 0.15) is 17.1 Å². The van der Waals surface area contributed by atoms with E-state index in [1.165, 1.54) is 19.2 Å². The molecule has 0 saturated carbocycles. The molecule has 0 atom stereocenters. The highest BCUT2D eigenvalue weighted by Crippen LogP contribution is 2.28. The lowest BCUT2D eigenvalue weighted by molar-refractivity contribution is -0.385. The number of halogens is 6. The van der Waals surface area contributed by atoms with Gasteiger partial charge in [0.2, 0.25) is 0 Å². The average Bonchev–Trinajstić information content (AvgIpc) is 2.65. The SMILES string of the molecule is CN(Cc1ccc(OC(F)(F)F)cc1)C(=O)c1cc(OCC(F)(F)F)ccc1[N+](=O)[O-]. The van der Waals surface area contributed by atoms with Gasteiger partial charge in [-0.05, 0) is 29.8 Å². The maximum absolute atomic E-state index is 12.7. The molecule has 2 aromatic carbocycles. The Morgan fingerprint density at radius 3 is 2.13 bits per heavy atom. The summed E-state index contributed by atoms with van der Waals surface area (Å²) in [5.74, 6) is -1.77. The lowest BCUT2D eigenvalue weighted by Crippen LogP contribution is -2.27. The molecule has 7 nitrogen and oxygen atoms in total. The van der Waals surface area contributed by atoms with Crippen molar-refractivity contribution in [2.75, 3.05) is 13.7 Å². The number of alkyl halides is 6. The summed E-state index contributed by atoms with van der Waals surface area (Å²) in [6.07, 6.45) is -9.52. The van der Waals surface area contributed by atoms with Gasteiger partial charge in [-0.15, -0.1) is 13.2 Å². The van der Waals surface area contributed by atoms with E-state index in [0.717, 1.165) is 35.2 Å². The molecule has 0 spiro atoms. The van der Waals surface area contributed by atoms with Gasteiger partial charge >= 0.3 is 12.5 Å². The van der Waals surface area contributed by atoms with E-state index < -0.39 is 52.7 Å². The minimum Gasteiger partial charge on any atom is -0.484 e. The van der Waals surface area contributed by atoms with Crippen molar-refractivity contribution in [3.63, 3.8) is 0 Å². The first-order chi connectivity index (χ1) is 14.2. The number of hydrogen-bond acceptors (Lipinski definition) is 5. The Kier molecular flexibility index (Phi) is 6.98. The van der Waals surface area contributed by atoms with Crippen LogP contribution in [0.1, 0.15) is 15.9 Å². The van der Waals surface area contributed by atoms with Crippen LogP contribution in [0.2, 0.25) is 0 Å². The molecule has 0 radical (unpaired) electrons. The molecular formula is C18H14F6N2O5. The summed E-state index contributed by atoms with van der Waals surface area (Å²) in [6.45, 7) is -1.81. The Labute approximate surface area is 170 Å². The Morgan fingerprint density at radius 1 is 1.03 bits per heavy atom. The van der Waals surface area contributed by atoms with Gasteiger partial charge < -0.3 is 14.4 Å². The van der Waals surface area contributed by atoms with E-state index in [9.17, 15) is 41.3 Å². The van der Waals surface area contributed by atoms with Crippen molar-refractivity contribution in [2.45, 2.75) is 19.1 Å². The molecule has 0 aliphatic carbocycles. The molecule has 2 aromatic rings. The van der Waals surface area contributed by atoms with E-state index in [-0.39, 0.29) is 6.54 Å². The van der Waals surface area contributed by atoms with Gasteiger partial charge in [0.15, 0.2) is 6.61 Å². The van der Waals surface area contributed by atoms with E-state index in [0.29, 0.717) is 5.56 Å². The fourth-order valence-corrected chi connectivity index (χ4v) is 2.45. The third kappa shape index (κ3) is 7.35. The number of carbonyl (C=O) groups is 1. The Hall–Kier alpha value is -3.51. The Morgan fingerprint density at radius 2 is 1.61 bits per heavy atom. The van der Waals surface area contributed by atoms with Crippen LogP contribution in [-0.4, -0.2) is 41.9 Å². The van der Waals surface area contributed by atoms with Crippen molar-refractivity contribution in [1.82, 2.24) is 4.90 Å². The molecule has 31 heavy (non-hydrogen) atoms. The van der Waals surface area contributed by atoms with Gasteiger partial charge in [-0.25, -0.2) is 0 Å². The summed E-state index contributed by atoms with van der Waals surface area (Å²) in [7, 11) is 1.26. The first-order valence-corrected chi connectivity index (χ1v) is 8.33. The largest absolute Gasteiger partial charge is 0.573 e. The molecule has 0 N–H and O–H groups in total. The Balaban J connectivity index is 2.19. The molecule has 168 valence electrons. The van der Waals surface area contributed by atoms with Crippen LogP contribution in [0.4, 0.5) is 32.0 Å². The van der Waals surface area contributed by atoms with Crippen molar-refractivity contribution in [2.24, 2.45) is 0 Å². The van der Waals surface area contributed by atoms with Crippen LogP contribution in [-0.2, 0) is 6.54 Å². The molecule has 1 amide bonds. The van der Waals surface area contributed by atoms with Gasteiger partial charge in [0.05, 0.1) is 4.92 Å². The summed E-state index contributed by atoms with van der Waals surface area (Å²) in [5, 5.41) is 11.2. The molecular weight excluding hydrogens is 438 g/mol. The standard InChI is InChI=1S/C18H14F6N2O5/c1-25(9-11-2-4-12(5-3-11)31-18(22,23)24)16(27)14-8-13(30-10-17(19,20)21)6-7-15(14)26(28)29/h2-8H,9-10H2,1H3. The molecule has 0 heterocycles. The lowest BCUT2D eigenvalue weighted by Gasteiger charge is -2.18. The third-order valence-electron chi connectivity index (χ3n) is 3.72. The minimum atomic E-state index is -4.87. The van der Waals surface area contributed by atoms with Crippen LogP contribution in [0.15, 0.2) is 42.5 Å². The highest BCUT2D eigenvalue weighted by atomic mass is 19.4. The lowest BCUT2D eigenvalue weighted by atomic mass is 10.1. The van der Waals surface area contributed by atoms with Gasteiger partial charge in [-0.1, -0.05) is 12.1 Å². The molecule has 2 rings (SSSR count). The van der Waals surface area contributed by atoms with E-state index in [2.05, 4.69) is 9.47 Å². The van der Waals surface area contributed by atoms with Gasteiger partial charge in [0, 0.05) is 19.7 Å². The molecule has 0 aliphatic heterocycles. The molecule has 0 fully saturated rings. The number of ether oxygens (including phenoxy) is 2. The topological polar surface area (TPSA) is 81.9 Å². The molecule has 13 heteroatoms. The summed E-state index contributed by atoms with van der Waals surface area (Å²) >= 11 is 0. The first kappa shape index (κ1) is 23.8. The summed E-state index contributed by atoms with van der Waals surface area (Å²) in [6, 6.07) is 7.15. The van der Waals surface area contributed by atoms with Crippen molar-refractivity contribution in [1.29, 1.82) is 0 Å². The zero-order valence-electron chi connectivity index (χ0n) is 15.7. The molecule has 0 aliphatic rings. The van der Waals surface area contributed by atoms with Crippen LogP contribution in [0.3, 0.4) is 0 Å². The van der Waals surface area contributed by atoms with Crippen LogP contribution >= 0.6 is 0 Å². The van der Waals surface area contributed by atoms with Crippen LogP contribution < -0.4 is 9.47 Å². The number of benzene rings is 2. The minimum absolute atomic E-state index is 0.157. The first-order valence-electron chi connectivity index (χ1n) is 8.33. The second-order valence-electron chi connectivity index (χ2n) is 6.19. The number of nitro benzene ring substituents is 1. The van der Waals surface area contributed by atoms with Crippen molar-refractivity contribution in [3.8, 4) is 11.5 Å². The predicted octanol–water partition coefficient (Wildman–Crippen LogP) is 4.71. The maximum Gasteiger partial charge on any atom is 0.573 e. The summed E-state index contributed by atoms with van der Waals surface area (Å²) < 4.78 is 81.8. The normalized spacial score (nSPS) is 11.7. The van der Waals surface area contributed by atoms with E-state index in [4.69, 9.17) is 0 Å². The zero-order valence-corrected chi connectivity index (χ0v) is 15.7. The summed E-state index contributed by atoms with van der Waals surface area (Å²) in [5.41, 5.74) is -0.785. The van der Waals surface area contributed by atoms with Crippen molar-refractivity contribution in [3.05, 3.63) is 63.7 Å². The molecule has 0 bridgehead atoms. The fourth-order valence-electron chi connectivity index (χ4n) is 2.45. The highest BCUT2D eigenvalue weighted by Gasteiger charge is 2.31. The monoisotopic (exact) mass is 452 g/mol. The van der Waals surface area contributed by atoms with Gasteiger partial charge in [0.25, 0.3) is 11.6 Å². The number of nitrogens with zero attached hydrogens (tertiary/aromatic N) is 2. The highest BCUT2D eigenvalue weighted by molar-refractivity contribution is 5.98. The van der Waals surface area contributed by atoms with E-state index >= 15 is 0 Å². The number of carbonyl (C=O) groups excluding carboxylic acids is 1. The van der Waals surface area contributed by atoms with Gasteiger partial charge in [-0.2, -0.15) is 13.2 Å². The fraction of sp³-hybridized carbons (Fsp3) is 0.278. The van der Waals surface area contributed by atoms with E-state index in [1.807, 2.05) is 0 Å². The predicted molar refractivity (Wildman–Crippen MR) is 93.6 cm³/mol. The zero-order chi connectivity index (χ0) is 23.4. The van der Waals surface area contributed by atoms with Crippen LogP contribution in [0.25, 0.3) is 0 Å². The molecule has 0 unspecified atom stereocenters. The number of rotatable bonds is 7. The van der Waals surface area contributed by atoms with Crippen LogP contribution in [0.5, 0.6) is 11.5 Å². The number of nitro groups is 1. The molecule has 0 saturated heterocycles. The van der Waals surface area contributed by atoms with Crippen molar-refractivity contribution < 1.29 is 45.5 Å². The average molecular weight is 452 g/mol. The van der Waals surface area contributed by atoms with E-state index in [1.54, 1.807) is 0 Å². The summed E-state index contributed by atoms with van der Waals surface area (Å²) in [4.78, 5) is 24.0. The Bertz CT molecular complexity index is 944. The molecule has 0 aromatic heterocycles. The second kappa shape index (κ2) is 9.10. The maximum atomic E-state index is 12.7.